The number of phenolic OH excluding ortho intramolecular Hbond substituents is 1. The van der Waals surface area contributed by atoms with Gasteiger partial charge < -0.3 is 5.11 Å². The predicted octanol–water partition coefficient (Wildman–Crippen LogP) is -3.11. The van der Waals surface area contributed by atoms with Crippen molar-refractivity contribution in [2.75, 3.05) is 0 Å². The molecule has 0 bridgehead atoms. The molecule has 7 nitrogen and oxygen atoms in total. The van der Waals surface area contributed by atoms with Crippen molar-refractivity contribution in [3.63, 3.8) is 0 Å². The average Bonchev–Trinajstić information content (AvgIpc) is 2.00. The molecular formula is C6H6NaO7S2+. The SMILES string of the molecule is O=S(=O)(O)c1ccc(O)c(S(=O)(=O)O)c1.[Na+]. The summed E-state index contributed by atoms with van der Waals surface area (Å²) in [6.45, 7) is 0. The molecule has 10 heteroatoms. The third kappa shape index (κ3) is 3.70. The molecule has 0 radical (unpaired) electrons. The Morgan fingerprint density at radius 1 is 0.938 bits per heavy atom. The molecule has 0 heterocycles. The van der Waals surface area contributed by atoms with Crippen LogP contribution in [0.1, 0.15) is 0 Å². The molecule has 0 saturated carbocycles. The van der Waals surface area contributed by atoms with Crippen LogP contribution in [0.15, 0.2) is 28.0 Å². The van der Waals surface area contributed by atoms with E-state index < -0.39 is 35.8 Å². The van der Waals surface area contributed by atoms with Gasteiger partial charge in [0.15, 0.2) is 0 Å². The number of benzene rings is 1. The Hall–Kier alpha value is -0.160. The fraction of sp³-hybridized carbons (Fsp3) is 0. The first-order valence-corrected chi connectivity index (χ1v) is 6.28. The largest absolute Gasteiger partial charge is 1.00 e. The first kappa shape index (κ1) is 15.8. The Morgan fingerprint density at radius 3 is 1.81 bits per heavy atom. The smallest absolute Gasteiger partial charge is 0.506 e. The van der Waals surface area contributed by atoms with Gasteiger partial charge in [-0.05, 0) is 18.2 Å². The maximum Gasteiger partial charge on any atom is 1.00 e. The molecule has 0 spiro atoms. The summed E-state index contributed by atoms with van der Waals surface area (Å²) in [5.41, 5.74) is 0. The van der Waals surface area contributed by atoms with E-state index in [1.165, 1.54) is 0 Å². The van der Waals surface area contributed by atoms with Crippen molar-refractivity contribution in [3.05, 3.63) is 18.2 Å². The van der Waals surface area contributed by atoms with Crippen LogP contribution in [0.25, 0.3) is 0 Å². The zero-order valence-electron chi connectivity index (χ0n) is 8.02. The zero-order chi connectivity index (χ0) is 11.9. The summed E-state index contributed by atoms with van der Waals surface area (Å²) < 4.78 is 59.7. The number of hydrogen-bond donors (Lipinski definition) is 3. The minimum Gasteiger partial charge on any atom is -0.506 e. The van der Waals surface area contributed by atoms with Crippen molar-refractivity contribution in [3.8, 4) is 5.75 Å². The third-order valence-corrected chi connectivity index (χ3v) is 3.24. The molecule has 84 valence electrons. The summed E-state index contributed by atoms with van der Waals surface area (Å²) in [7, 11) is -9.33. The van der Waals surface area contributed by atoms with E-state index in [1.807, 2.05) is 0 Å². The predicted molar refractivity (Wildman–Crippen MR) is 47.7 cm³/mol. The summed E-state index contributed by atoms with van der Waals surface area (Å²) in [6.07, 6.45) is 0. The Labute approximate surface area is 114 Å². The first-order valence-electron chi connectivity index (χ1n) is 3.40. The van der Waals surface area contributed by atoms with Gasteiger partial charge in [-0.15, -0.1) is 0 Å². The summed E-state index contributed by atoms with van der Waals surface area (Å²) >= 11 is 0. The normalized spacial score (nSPS) is 11.9. The molecule has 0 aromatic heterocycles. The van der Waals surface area contributed by atoms with Crippen molar-refractivity contribution in [2.24, 2.45) is 0 Å². The molecule has 0 aliphatic rings. The molecule has 0 aliphatic heterocycles. The number of rotatable bonds is 2. The van der Waals surface area contributed by atoms with Gasteiger partial charge in [0.2, 0.25) is 0 Å². The molecule has 0 fully saturated rings. The van der Waals surface area contributed by atoms with Crippen LogP contribution in [0.2, 0.25) is 0 Å². The quantitative estimate of drug-likeness (QED) is 0.385. The number of phenols is 1. The van der Waals surface area contributed by atoms with Crippen LogP contribution in [0, 0.1) is 0 Å². The molecule has 0 amide bonds. The van der Waals surface area contributed by atoms with Gasteiger partial charge in [-0.3, -0.25) is 9.11 Å². The Balaban J connectivity index is 0.00000225. The van der Waals surface area contributed by atoms with Crippen LogP contribution >= 0.6 is 0 Å². The van der Waals surface area contributed by atoms with Gasteiger partial charge in [0.25, 0.3) is 20.2 Å². The fourth-order valence-corrected chi connectivity index (χ4v) is 2.05. The second kappa shape index (κ2) is 5.00. The number of hydrogen-bond acceptors (Lipinski definition) is 5. The summed E-state index contributed by atoms with van der Waals surface area (Å²) in [5.74, 6) is -0.815. The molecule has 16 heavy (non-hydrogen) atoms. The van der Waals surface area contributed by atoms with E-state index in [9.17, 15) is 16.8 Å². The van der Waals surface area contributed by atoms with Gasteiger partial charge in [-0.25, -0.2) is 0 Å². The van der Waals surface area contributed by atoms with Gasteiger partial charge in [0, 0.05) is 0 Å². The Kier molecular flexibility index (Phi) is 4.95. The molecular weight excluding hydrogens is 271 g/mol. The maximum absolute atomic E-state index is 10.7. The third-order valence-electron chi connectivity index (χ3n) is 1.51. The topological polar surface area (TPSA) is 129 Å². The van der Waals surface area contributed by atoms with Crippen LogP contribution in [-0.2, 0) is 20.2 Å². The van der Waals surface area contributed by atoms with E-state index in [0.29, 0.717) is 6.07 Å². The van der Waals surface area contributed by atoms with Gasteiger partial charge in [-0.1, -0.05) is 0 Å². The Bertz CT molecular complexity index is 589. The molecule has 1 aromatic carbocycles. The number of aromatic hydroxyl groups is 1. The van der Waals surface area contributed by atoms with Crippen molar-refractivity contribution in [1.29, 1.82) is 0 Å². The van der Waals surface area contributed by atoms with Gasteiger partial charge in [0.1, 0.15) is 10.6 Å². The molecule has 1 aromatic rings. The minimum absolute atomic E-state index is 0. The van der Waals surface area contributed by atoms with E-state index in [1.54, 1.807) is 0 Å². The first-order chi connectivity index (χ1) is 6.62. The molecule has 0 aliphatic carbocycles. The van der Waals surface area contributed by atoms with Crippen LogP contribution in [-0.4, -0.2) is 31.0 Å². The van der Waals surface area contributed by atoms with E-state index in [0.717, 1.165) is 12.1 Å². The van der Waals surface area contributed by atoms with Crippen LogP contribution in [0.3, 0.4) is 0 Å². The van der Waals surface area contributed by atoms with Gasteiger partial charge >= 0.3 is 29.6 Å². The van der Waals surface area contributed by atoms with Crippen molar-refractivity contribution in [2.45, 2.75) is 9.79 Å². The van der Waals surface area contributed by atoms with Crippen LogP contribution in [0.4, 0.5) is 0 Å². The van der Waals surface area contributed by atoms with E-state index in [-0.39, 0.29) is 29.6 Å². The average molecular weight is 277 g/mol. The van der Waals surface area contributed by atoms with Gasteiger partial charge in [-0.2, -0.15) is 16.8 Å². The van der Waals surface area contributed by atoms with Crippen molar-refractivity contribution >= 4 is 20.2 Å². The minimum atomic E-state index is -4.74. The molecule has 0 saturated heterocycles. The van der Waals surface area contributed by atoms with Crippen LogP contribution in [0.5, 0.6) is 5.75 Å². The second-order valence-corrected chi connectivity index (χ2v) is 5.39. The molecule has 0 atom stereocenters. The zero-order valence-corrected chi connectivity index (χ0v) is 11.7. The van der Waals surface area contributed by atoms with E-state index >= 15 is 0 Å². The van der Waals surface area contributed by atoms with Gasteiger partial charge in [0.05, 0.1) is 4.90 Å². The monoisotopic (exact) mass is 277 g/mol. The van der Waals surface area contributed by atoms with E-state index in [4.69, 9.17) is 14.2 Å². The Morgan fingerprint density at radius 2 is 1.44 bits per heavy atom. The summed E-state index contributed by atoms with van der Waals surface area (Å²) in [4.78, 5) is -1.73. The molecule has 0 unspecified atom stereocenters. The second-order valence-electron chi connectivity index (χ2n) is 2.58. The summed E-state index contributed by atoms with van der Waals surface area (Å²) in [5, 5.41) is 9.02. The van der Waals surface area contributed by atoms with E-state index in [2.05, 4.69) is 0 Å². The van der Waals surface area contributed by atoms with Crippen molar-refractivity contribution < 1.29 is 60.6 Å². The molecule has 1 rings (SSSR count). The van der Waals surface area contributed by atoms with Crippen LogP contribution < -0.4 is 29.6 Å². The fourth-order valence-electron chi connectivity index (χ4n) is 0.862. The summed E-state index contributed by atoms with van der Waals surface area (Å²) in [6, 6.07) is 1.96. The van der Waals surface area contributed by atoms with Crippen molar-refractivity contribution in [1.82, 2.24) is 0 Å². The molecule has 3 N–H and O–H groups in total. The maximum atomic E-state index is 10.7. The standard InChI is InChI=1S/C6H6O7S2.Na/c7-5-2-1-4(14(8,9)10)3-6(5)15(11,12)13;/h1-3,7H,(H,8,9,10)(H,11,12,13);/q;+1.